The molecule has 10 heteroatoms. The van der Waals surface area contributed by atoms with Gasteiger partial charge in [0.25, 0.3) is 0 Å². The topological polar surface area (TPSA) is 112 Å². The number of carboxylic acid groups (broad SMARTS) is 1. The second kappa shape index (κ2) is 24.1. The number of aliphatic carboxylic acids is 1. The average Bonchev–Trinajstić information content (AvgIpc) is 2.84. The summed E-state index contributed by atoms with van der Waals surface area (Å²) in [7, 11) is 1.70. The summed E-state index contributed by atoms with van der Waals surface area (Å²) in [5.74, 6) is -0.836. The summed E-state index contributed by atoms with van der Waals surface area (Å²) in [6.07, 6.45) is 17.4. The first kappa shape index (κ1) is 38.5. The highest BCUT2D eigenvalue weighted by Crippen LogP contribution is 2.43. The van der Waals surface area contributed by atoms with Crippen molar-refractivity contribution in [2.24, 2.45) is 0 Å². The van der Waals surface area contributed by atoms with Gasteiger partial charge in [0.1, 0.15) is 19.3 Å². The molecule has 0 amide bonds. The fraction of sp³-hybridized carbons (Fsp3) is 0.966. The Hall–Kier alpha value is -0.540. The van der Waals surface area contributed by atoms with E-state index in [-0.39, 0.29) is 32.3 Å². The molecule has 0 saturated carbocycles. The fourth-order valence-electron chi connectivity index (χ4n) is 4.04. The molecule has 0 aliphatic heterocycles. The lowest BCUT2D eigenvalue weighted by Crippen LogP contribution is -2.37. The number of hydrogen-bond donors (Lipinski definition) is 2. The van der Waals surface area contributed by atoms with Gasteiger partial charge in [0.2, 0.25) is 0 Å². The lowest BCUT2D eigenvalue weighted by atomic mass is 10.0. The maximum atomic E-state index is 12.3. The van der Waals surface area contributed by atoms with Crippen molar-refractivity contribution in [1.82, 2.24) is 0 Å². The summed E-state index contributed by atoms with van der Waals surface area (Å²) in [4.78, 5) is 20.7. The van der Waals surface area contributed by atoms with Gasteiger partial charge in [0, 0.05) is 13.0 Å². The van der Waals surface area contributed by atoms with Crippen molar-refractivity contribution in [3.63, 3.8) is 0 Å². The Labute approximate surface area is 239 Å². The van der Waals surface area contributed by atoms with Crippen molar-refractivity contribution < 1.29 is 42.4 Å². The maximum Gasteiger partial charge on any atom is 0.472 e. The number of rotatable bonds is 29. The van der Waals surface area contributed by atoms with Gasteiger partial charge in [0.05, 0.1) is 40.5 Å². The number of phosphoric ester groups is 1. The standard InChI is InChI=1S/C29H60NO8P/c1-6-7-8-9-10-11-12-13-14-15-16-17-20-27(2)36-25-28(35-23-19-18-21-29(31)32)26-38-39(33,34)37-24-22-30(3,4)5/h27-28H,6-26H2,1-5H3,(H-,31,32,33,34)/p+1. The first-order valence-corrected chi connectivity index (χ1v) is 16.8. The zero-order chi connectivity index (χ0) is 29.4. The lowest BCUT2D eigenvalue weighted by molar-refractivity contribution is -0.870. The Balaban J connectivity index is 4.22. The molecular weight excluding hydrogens is 521 g/mol. The highest BCUT2D eigenvalue weighted by Gasteiger charge is 2.25. The number of unbranched alkanes of at least 4 members (excludes halogenated alkanes) is 12. The smallest absolute Gasteiger partial charge is 0.472 e. The third-order valence-electron chi connectivity index (χ3n) is 6.61. The first-order chi connectivity index (χ1) is 18.4. The van der Waals surface area contributed by atoms with Crippen LogP contribution in [0.15, 0.2) is 0 Å². The lowest BCUT2D eigenvalue weighted by Gasteiger charge is -2.25. The second-order valence-corrected chi connectivity index (χ2v) is 13.2. The molecule has 0 bridgehead atoms. The minimum Gasteiger partial charge on any atom is -0.481 e. The van der Waals surface area contributed by atoms with Crippen LogP contribution in [0.4, 0.5) is 0 Å². The number of quaternary nitrogens is 1. The third kappa shape index (κ3) is 28.8. The molecule has 0 aromatic carbocycles. The highest BCUT2D eigenvalue weighted by atomic mass is 31.2. The normalized spacial score (nSPS) is 15.2. The summed E-state index contributed by atoms with van der Waals surface area (Å²) in [5, 5.41) is 8.79. The van der Waals surface area contributed by atoms with E-state index in [2.05, 4.69) is 6.92 Å². The molecule has 0 aliphatic carbocycles. The summed E-state index contributed by atoms with van der Waals surface area (Å²) in [6.45, 7) is 5.39. The van der Waals surface area contributed by atoms with E-state index in [1.54, 1.807) is 0 Å². The molecule has 234 valence electrons. The zero-order valence-corrected chi connectivity index (χ0v) is 26.6. The molecular formula is C29H61NO8P+. The molecule has 9 nitrogen and oxygen atoms in total. The molecule has 0 aromatic heterocycles. The average molecular weight is 583 g/mol. The quantitative estimate of drug-likeness (QED) is 0.0553. The van der Waals surface area contributed by atoms with Crippen LogP contribution in [0.1, 0.15) is 117 Å². The molecule has 0 radical (unpaired) electrons. The van der Waals surface area contributed by atoms with Gasteiger partial charge in [-0.15, -0.1) is 0 Å². The summed E-state index contributed by atoms with van der Waals surface area (Å²) < 4.78 is 35.0. The van der Waals surface area contributed by atoms with Crippen LogP contribution in [0.2, 0.25) is 0 Å². The van der Waals surface area contributed by atoms with Gasteiger partial charge in [-0.2, -0.15) is 0 Å². The molecule has 0 spiro atoms. The van der Waals surface area contributed by atoms with Crippen molar-refractivity contribution in [2.45, 2.75) is 129 Å². The minimum atomic E-state index is -4.20. The molecule has 0 aliphatic rings. The summed E-state index contributed by atoms with van der Waals surface area (Å²) in [5.41, 5.74) is 0. The van der Waals surface area contributed by atoms with Crippen LogP contribution in [0.25, 0.3) is 0 Å². The van der Waals surface area contributed by atoms with E-state index >= 15 is 0 Å². The van der Waals surface area contributed by atoms with E-state index in [0.717, 1.165) is 12.8 Å². The Morgan fingerprint density at radius 2 is 1.33 bits per heavy atom. The van der Waals surface area contributed by atoms with Gasteiger partial charge in [-0.05, 0) is 26.2 Å². The Morgan fingerprint density at radius 3 is 1.87 bits per heavy atom. The number of hydrogen-bond acceptors (Lipinski definition) is 6. The number of nitrogens with zero attached hydrogens (tertiary/aromatic N) is 1. The van der Waals surface area contributed by atoms with Crippen molar-refractivity contribution in [1.29, 1.82) is 0 Å². The van der Waals surface area contributed by atoms with Gasteiger partial charge in [-0.25, -0.2) is 4.57 Å². The van der Waals surface area contributed by atoms with Gasteiger partial charge in [0.15, 0.2) is 0 Å². The fourth-order valence-corrected chi connectivity index (χ4v) is 4.79. The number of carboxylic acids is 1. The van der Waals surface area contributed by atoms with Gasteiger partial charge < -0.3 is 24.0 Å². The van der Waals surface area contributed by atoms with Crippen LogP contribution in [0, 0.1) is 0 Å². The molecule has 39 heavy (non-hydrogen) atoms. The monoisotopic (exact) mass is 582 g/mol. The molecule has 0 aromatic rings. The predicted molar refractivity (Wildman–Crippen MR) is 157 cm³/mol. The summed E-state index contributed by atoms with van der Waals surface area (Å²) >= 11 is 0. The minimum absolute atomic E-state index is 0.0490. The van der Waals surface area contributed by atoms with Crippen LogP contribution < -0.4 is 0 Å². The van der Waals surface area contributed by atoms with Crippen LogP contribution in [0.5, 0.6) is 0 Å². The highest BCUT2D eigenvalue weighted by molar-refractivity contribution is 7.47. The Kier molecular flexibility index (Phi) is 23.8. The molecule has 0 saturated heterocycles. The van der Waals surface area contributed by atoms with Crippen LogP contribution in [-0.2, 0) is 27.9 Å². The van der Waals surface area contributed by atoms with E-state index in [1.165, 1.54) is 70.6 Å². The van der Waals surface area contributed by atoms with Gasteiger partial charge >= 0.3 is 13.8 Å². The largest absolute Gasteiger partial charge is 0.481 e. The first-order valence-electron chi connectivity index (χ1n) is 15.3. The Morgan fingerprint density at radius 1 is 0.769 bits per heavy atom. The van der Waals surface area contributed by atoms with E-state index in [1.807, 2.05) is 28.1 Å². The second-order valence-electron chi connectivity index (χ2n) is 11.8. The predicted octanol–water partition coefficient (Wildman–Crippen LogP) is 6.96. The zero-order valence-electron chi connectivity index (χ0n) is 25.7. The van der Waals surface area contributed by atoms with Crippen molar-refractivity contribution in [3.05, 3.63) is 0 Å². The number of phosphoric acid groups is 1. The van der Waals surface area contributed by atoms with Gasteiger partial charge in [-0.1, -0.05) is 84.0 Å². The van der Waals surface area contributed by atoms with E-state index in [0.29, 0.717) is 30.5 Å². The number of carbonyl (C=O) groups is 1. The van der Waals surface area contributed by atoms with Crippen molar-refractivity contribution in [2.75, 3.05) is 54.1 Å². The molecule has 0 rings (SSSR count). The van der Waals surface area contributed by atoms with Gasteiger partial charge in [-0.3, -0.25) is 13.8 Å². The van der Waals surface area contributed by atoms with Crippen molar-refractivity contribution in [3.8, 4) is 0 Å². The molecule has 0 fully saturated rings. The molecule has 0 heterocycles. The van der Waals surface area contributed by atoms with E-state index in [4.69, 9.17) is 23.6 Å². The summed E-state index contributed by atoms with van der Waals surface area (Å²) in [6, 6.07) is 0. The van der Waals surface area contributed by atoms with Crippen LogP contribution in [0.3, 0.4) is 0 Å². The third-order valence-corrected chi connectivity index (χ3v) is 7.59. The Bertz CT molecular complexity index is 629. The van der Waals surface area contributed by atoms with E-state index < -0.39 is 19.9 Å². The SMILES string of the molecule is CCCCCCCCCCCCCCC(C)OCC(COP(=O)(O)OCC[N+](C)(C)C)OCCCCC(=O)O. The molecule has 2 N–H and O–H groups in total. The van der Waals surface area contributed by atoms with Crippen LogP contribution >= 0.6 is 7.82 Å². The van der Waals surface area contributed by atoms with Crippen molar-refractivity contribution >= 4 is 13.8 Å². The number of likely N-dealkylation sites (N-methyl/N-ethyl adjacent to an activating group) is 1. The number of ether oxygens (including phenoxy) is 2. The molecule has 3 atom stereocenters. The molecule has 3 unspecified atom stereocenters. The van der Waals surface area contributed by atoms with E-state index in [9.17, 15) is 14.3 Å². The van der Waals surface area contributed by atoms with Crippen LogP contribution in [-0.4, -0.2) is 86.8 Å². The maximum absolute atomic E-state index is 12.3.